The molecular formula is C15H11F3N2O5. The molecule has 0 N–H and O–H groups in total. The molecule has 10 heteroatoms. The van der Waals surface area contributed by atoms with Gasteiger partial charge in [0.25, 0.3) is 0 Å². The third-order valence-electron chi connectivity index (χ3n) is 3.89. The predicted molar refractivity (Wildman–Crippen MR) is 79.0 cm³/mol. The molecule has 0 bridgehead atoms. The molecule has 132 valence electrons. The van der Waals surface area contributed by atoms with Crippen molar-refractivity contribution in [2.24, 2.45) is 0 Å². The number of carbonyl (C=O) groups excluding carboxylic acids is 1. The molecule has 0 atom stereocenters. The number of pyridine rings is 1. The first-order valence-electron chi connectivity index (χ1n) is 7.36. The molecule has 1 heterocycles. The Balaban J connectivity index is 2.53. The van der Waals surface area contributed by atoms with Crippen molar-refractivity contribution in [1.82, 2.24) is 4.57 Å². The van der Waals surface area contributed by atoms with Crippen LogP contribution in [-0.2, 0) is 4.74 Å². The summed E-state index contributed by atoms with van der Waals surface area (Å²) in [6.07, 6.45) is 2.05. The van der Waals surface area contributed by atoms with Gasteiger partial charge in [0.05, 0.1) is 17.0 Å². The number of nitrogens with zero attached hydrogens (tertiary/aromatic N) is 2. The molecule has 25 heavy (non-hydrogen) atoms. The molecule has 1 fully saturated rings. The van der Waals surface area contributed by atoms with Crippen LogP contribution < -0.4 is 5.43 Å². The van der Waals surface area contributed by atoms with Gasteiger partial charge in [-0.25, -0.2) is 13.6 Å². The second-order valence-electron chi connectivity index (χ2n) is 5.50. The third kappa shape index (κ3) is 2.53. The van der Waals surface area contributed by atoms with Gasteiger partial charge in [-0.3, -0.25) is 14.9 Å². The summed E-state index contributed by atoms with van der Waals surface area (Å²) in [5, 5.41) is 10.2. The fourth-order valence-electron chi connectivity index (χ4n) is 2.66. The van der Waals surface area contributed by atoms with E-state index >= 15 is 0 Å². The zero-order valence-electron chi connectivity index (χ0n) is 12.8. The third-order valence-corrected chi connectivity index (χ3v) is 3.89. The van der Waals surface area contributed by atoms with Crippen molar-refractivity contribution < 1.29 is 27.6 Å². The smallest absolute Gasteiger partial charge is 0.343 e. The van der Waals surface area contributed by atoms with Crippen LogP contribution in [0.5, 0.6) is 0 Å². The van der Waals surface area contributed by atoms with Crippen LogP contribution in [0.15, 0.2) is 11.0 Å². The van der Waals surface area contributed by atoms with E-state index in [0.717, 1.165) is 10.8 Å². The summed E-state index contributed by atoms with van der Waals surface area (Å²) < 4.78 is 47.8. The summed E-state index contributed by atoms with van der Waals surface area (Å²) in [5.41, 5.74) is -4.12. The van der Waals surface area contributed by atoms with Crippen molar-refractivity contribution in [3.8, 4) is 0 Å². The lowest BCUT2D eigenvalue weighted by Gasteiger charge is -2.14. The molecular weight excluding hydrogens is 345 g/mol. The van der Waals surface area contributed by atoms with E-state index in [-0.39, 0.29) is 12.6 Å². The Morgan fingerprint density at radius 1 is 1.32 bits per heavy atom. The standard InChI is InChI=1S/C15H11F3N2O5/c1-2-25-15(22)7-5-19(6-3-4-6)12-8(14(7)21)13(20(23)24)11(18)9(16)10(12)17/h5-6H,2-4H2,1H3. The van der Waals surface area contributed by atoms with E-state index in [0.29, 0.717) is 12.8 Å². The van der Waals surface area contributed by atoms with Gasteiger partial charge in [0.1, 0.15) is 10.9 Å². The van der Waals surface area contributed by atoms with E-state index in [4.69, 9.17) is 4.74 Å². The van der Waals surface area contributed by atoms with Crippen LogP contribution in [-0.4, -0.2) is 22.1 Å². The lowest BCUT2D eigenvalue weighted by Crippen LogP contribution is -2.23. The minimum atomic E-state index is -2.09. The Hall–Kier alpha value is -2.91. The molecule has 0 saturated heterocycles. The lowest BCUT2D eigenvalue weighted by molar-refractivity contribution is -0.386. The van der Waals surface area contributed by atoms with Crippen LogP contribution in [0.3, 0.4) is 0 Å². The normalized spacial score (nSPS) is 13.9. The quantitative estimate of drug-likeness (QED) is 0.364. The molecule has 1 aromatic carbocycles. The number of nitro benzene ring substituents is 1. The Labute approximate surface area is 137 Å². The van der Waals surface area contributed by atoms with Gasteiger partial charge >= 0.3 is 11.7 Å². The first kappa shape index (κ1) is 16.9. The average molecular weight is 356 g/mol. The molecule has 0 spiro atoms. The van der Waals surface area contributed by atoms with Crippen LogP contribution >= 0.6 is 0 Å². The van der Waals surface area contributed by atoms with E-state index in [9.17, 15) is 32.9 Å². The summed E-state index contributed by atoms with van der Waals surface area (Å²) in [5.74, 6) is -6.92. The van der Waals surface area contributed by atoms with Gasteiger partial charge in [-0.2, -0.15) is 4.39 Å². The molecule has 0 radical (unpaired) electrons. The minimum Gasteiger partial charge on any atom is -0.462 e. The predicted octanol–water partition coefficient (Wildman–Crippen LogP) is 2.84. The zero-order valence-corrected chi connectivity index (χ0v) is 12.8. The maximum absolute atomic E-state index is 14.3. The molecule has 0 unspecified atom stereocenters. The fraction of sp³-hybridized carbons (Fsp3) is 0.333. The van der Waals surface area contributed by atoms with Gasteiger partial charge in [-0.1, -0.05) is 0 Å². The van der Waals surface area contributed by atoms with Crippen molar-refractivity contribution in [3.05, 3.63) is 49.5 Å². The number of esters is 1. The van der Waals surface area contributed by atoms with Crippen LogP contribution in [0.2, 0.25) is 0 Å². The van der Waals surface area contributed by atoms with Crippen LogP contribution in [0.4, 0.5) is 18.9 Å². The Morgan fingerprint density at radius 2 is 1.96 bits per heavy atom. The minimum absolute atomic E-state index is 0.0754. The number of hydrogen-bond acceptors (Lipinski definition) is 5. The van der Waals surface area contributed by atoms with Crippen molar-refractivity contribution >= 4 is 22.6 Å². The maximum Gasteiger partial charge on any atom is 0.343 e. The summed E-state index contributed by atoms with van der Waals surface area (Å²) >= 11 is 0. The van der Waals surface area contributed by atoms with Crippen LogP contribution in [0, 0.1) is 27.6 Å². The second kappa shape index (κ2) is 5.87. The SMILES string of the molecule is CCOC(=O)c1cn(C2CC2)c2c(F)c(F)c(F)c([N+](=O)[O-])c2c1=O. The fourth-order valence-corrected chi connectivity index (χ4v) is 2.66. The number of nitro groups is 1. The number of halogens is 3. The number of benzene rings is 1. The number of rotatable bonds is 4. The maximum atomic E-state index is 14.3. The van der Waals surface area contributed by atoms with E-state index < -0.39 is 55.9 Å². The number of ether oxygens (including phenoxy) is 1. The van der Waals surface area contributed by atoms with E-state index in [2.05, 4.69) is 0 Å². The number of hydrogen-bond donors (Lipinski definition) is 0. The summed E-state index contributed by atoms with van der Waals surface area (Å²) in [7, 11) is 0. The van der Waals surface area contributed by atoms with Crippen LogP contribution in [0.1, 0.15) is 36.2 Å². The highest BCUT2D eigenvalue weighted by Gasteiger charge is 2.36. The van der Waals surface area contributed by atoms with Gasteiger partial charge in [0, 0.05) is 12.2 Å². The van der Waals surface area contributed by atoms with Gasteiger partial charge in [-0.05, 0) is 19.8 Å². The highest BCUT2D eigenvalue weighted by Crippen LogP contribution is 2.40. The van der Waals surface area contributed by atoms with Crippen LogP contribution in [0.25, 0.3) is 10.9 Å². The van der Waals surface area contributed by atoms with Gasteiger partial charge in [0.2, 0.25) is 17.1 Å². The van der Waals surface area contributed by atoms with Gasteiger partial charge in [-0.15, -0.1) is 0 Å². The largest absolute Gasteiger partial charge is 0.462 e. The average Bonchev–Trinajstić information content (AvgIpc) is 3.38. The first-order valence-corrected chi connectivity index (χ1v) is 7.36. The first-order chi connectivity index (χ1) is 11.8. The highest BCUT2D eigenvalue weighted by atomic mass is 19.2. The number of carbonyl (C=O) groups is 1. The molecule has 1 aromatic heterocycles. The van der Waals surface area contributed by atoms with Crippen molar-refractivity contribution in [3.63, 3.8) is 0 Å². The van der Waals surface area contributed by atoms with E-state index in [1.807, 2.05) is 0 Å². The molecule has 0 amide bonds. The highest BCUT2D eigenvalue weighted by molar-refractivity contribution is 5.97. The number of fused-ring (bicyclic) bond motifs is 1. The Bertz CT molecular complexity index is 982. The lowest BCUT2D eigenvalue weighted by atomic mass is 10.1. The van der Waals surface area contributed by atoms with E-state index in [1.165, 1.54) is 6.92 Å². The van der Waals surface area contributed by atoms with Crippen molar-refractivity contribution in [2.75, 3.05) is 6.61 Å². The summed E-state index contributed by atoms with van der Waals surface area (Å²) in [4.78, 5) is 34.3. The van der Waals surface area contributed by atoms with Gasteiger partial charge < -0.3 is 9.30 Å². The molecule has 1 saturated carbocycles. The zero-order chi connectivity index (χ0) is 18.5. The van der Waals surface area contributed by atoms with Gasteiger partial charge in [0.15, 0.2) is 5.82 Å². The van der Waals surface area contributed by atoms with Crippen molar-refractivity contribution in [2.45, 2.75) is 25.8 Å². The molecule has 7 nitrogen and oxygen atoms in total. The topological polar surface area (TPSA) is 91.4 Å². The summed E-state index contributed by atoms with van der Waals surface area (Å²) in [6.45, 7) is 1.41. The Kier molecular flexibility index (Phi) is 3.97. The second-order valence-corrected chi connectivity index (χ2v) is 5.50. The molecule has 1 aliphatic carbocycles. The molecule has 2 aromatic rings. The Morgan fingerprint density at radius 3 is 2.48 bits per heavy atom. The molecule has 0 aliphatic heterocycles. The van der Waals surface area contributed by atoms with Crippen molar-refractivity contribution in [1.29, 1.82) is 0 Å². The monoisotopic (exact) mass is 356 g/mol. The van der Waals surface area contributed by atoms with E-state index in [1.54, 1.807) is 0 Å². The summed E-state index contributed by atoms with van der Waals surface area (Å²) in [6, 6.07) is -0.379. The molecule has 1 aliphatic rings. The number of aromatic nitrogens is 1. The molecule has 3 rings (SSSR count).